The van der Waals surface area contributed by atoms with Crippen molar-refractivity contribution in [2.75, 3.05) is 0 Å². The van der Waals surface area contributed by atoms with Gasteiger partial charge in [-0.3, -0.25) is 14.4 Å². The number of Topliss-reactive ketones (excluding diaryl/α,β-unsaturated/α-hetero) is 1. The standard InChI is InChI=1S/C26H33FO5/c1-14-11-20-19-8-7-17-12-18(29)9-10-23(17,3)25(19,27)21(30)13-24(20,4)26(14,15(2)28)32-22(31)16-5-6-16/h9-10,12,14,16,19-21,30H,5-8,11,13H2,1-4H3/t14?,19-,20-,21?,23-,24-,25-,26-/m0/s1. The lowest BCUT2D eigenvalue weighted by molar-refractivity contribution is -0.227. The zero-order valence-electron chi connectivity index (χ0n) is 19.3. The lowest BCUT2D eigenvalue weighted by Gasteiger charge is -2.62. The van der Waals surface area contributed by atoms with E-state index in [0.717, 1.165) is 18.4 Å². The van der Waals surface area contributed by atoms with E-state index in [4.69, 9.17) is 4.74 Å². The molecule has 5 nitrogen and oxygen atoms in total. The summed E-state index contributed by atoms with van der Waals surface area (Å²) < 4.78 is 23.3. The van der Waals surface area contributed by atoms with E-state index in [1.54, 1.807) is 13.0 Å². The highest BCUT2D eigenvalue weighted by molar-refractivity contribution is 6.01. The number of ether oxygens (including phenoxy) is 1. The van der Waals surface area contributed by atoms with Crippen LogP contribution in [0.3, 0.4) is 0 Å². The Morgan fingerprint density at radius 1 is 1.19 bits per heavy atom. The predicted octanol–water partition coefficient (Wildman–Crippen LogP) is 3.88. The Bertz CT molecular complexity index is 965. The summed E-state index contributed by atoms with van der Waals surface area (Å²) in [4.78, 5) is 37.9. The van der Waals surface area contributed by atoms with Gasteiger partial charge in [-0.25, -0.2) is 4.39 Å². The average molecular weight is 445 g/mol. The minimum Gasteiger partial charge on any atom is -0.450 e. The minimum absolute atomic E-state index is 0.0389. The molecule has 32 heavy (non-hydrogen) atoms. The summed E-state index contributed by atoms with van der Waals surface area (Å²) in [5, 5.41) is 11.4. The van der Waals surface area contributed by atoms with Crippen molar-refractivity contribution < 1.29 is 28.6 Å². The molecule has 8 atom stereocenters. The molecule has 0 aromatic heterocycles. The maximum absolute atomic E-state index is 17.2. The lowest BCUT2D eigenvalue weighted by Crippen LogP contribution is -2.69. The van der Waals surface area contributed by atoms with Crippen LogP contribution in [-0.4, -0.2) is 40.0 Å². The highest BCUT2D eigenvalue weighted by Gasteiger charge is 2.76. The first-order valence-electron chi connectivity index (χ1n) is 12.0. The Labute approximate surface area is 188 Å². The third kappa shape index (κ3) is 2.45. The first-order chi connectivity index (χ1) is 14.9. The Balaban J connectivity index is 1.60. The van der Waals surface area contributed by atoms with Crippen molar-refractivity contribution in [3.63, 3.8) is 0 Å². The quantitative estimate of drug-likeness (QED) is 0.668. The van der Waals surface area contributed by atoms with Crippen LogP contribution in [0, 0.1) is 34.5 Å². The Kier molecular flexibility index (Phi) is 4.55. The summed E-state index contributed by atoms with van der Waals surface area (Å²) in [5.74, 6) is -1.83. The van der Waals surface area contributed by atoms with Crippen LogP contribution in [-0.2, 0) is 19.1 Å². The van der Waals surface area contributed by atoms with Crippen molar-refractivity contribution in [1.82, 2.24) is 0 Å². The van der Waals surface area contributed by atoms with Gasteiger partial charge in [-0.05, 0) is 70.4 Å². The minimum atomic E-state index is -1.95. The summed E-state index contributed by atoms with van der Waals surface area (Å²) in [6.07, 6.45) is 6.44. The van der Waals surface area contributed by atoms with E-state index in [1.807, 2.05) is 13.8 Å². The van der Waals surface area contributed by atoms with Crippen LogP contribution in [0.4, 0.5) is 4.39 Å². The Morgan fingerprint density at radius 2 is 1.88 bits per heavy atom. The van der Waals surface area contributed by atoms with Gasteiger partial charge in [-0.15, -0.1) is 0 Å². The number of esters is 1. The molecule has 174 valence electrons. The fourth-order valence-electron chi connectivity index (χ4n) is 8.13. The summed E-state index contributed by atoms with van der Waals surface area (Å²) in [6, 6.07) is 0. The Hall–Kier alpha value is -1.82. The molecule has 2 unspecified atom stereocenters. The number of rotatable bonds is 3. The van der Waals surface area contributed by atoms with E-state index in [-0.39, 0.29) is 41.7 Å². The first-order valence-corrected chi connectivity index (χ1v) is 12.0. The molecule has 6 heteroatoms. The number of carbonyl (C=O) groups is 3. The highest BCUT2D eigenvalue weighted by Crippen LogP contribution is 2.71. The average Bonchev–Trinajstić information content (AvgIpc) is 3.53. The number of hydrogen-bond acceptors (Lipinski definition) is 5. The number of hydrogen-bond donors (Lipinski definition) is 1. The number of aliphatic hydroxyl groups is 1. The van der Waals surface area contributed by atoms with Crippen molar-refractivity contribution >= 4 is 17.5 Å². The molecule has 0 saturated heterocycles. The fourth-order valence-corrected chi connectivity index (χ4v) is 8.13. The van der Waals surface area contributed by atoms with E-state index in [9.17, 15) is 19.5 Å². The second-order valence-electron chi connectivity index (χ2n) is 11.4. The predicted molar refractivity (Wildman–Crippen MR) is 115 cm³/mol. The maximum Gasteiger partial charge on any atom is 0.309 e. The number of alkyl halides is 1. The van der Waals surface area contributed by atoms with E-state index in [2.05, 4.69) is 0 Å². The molecule has 5 aliphatic carbocycles. The number of allylic oxidation sites excluding steroid dienone is 4. The smallest absolute Gasteiger partial charge is 0.309 e. The monoisotopic (exact) mass is 444 g/mol. The molecule has 5 rings (SSSR count). The maximum atomic E-state index is 17.2. The number of carbonyl (C=O) groups excluding carboxylic acids is 3. The second-order valence-corrected chi connectivity index (χ2v) is 11.4. The molecule has 1 N–H and O–H groups in total. The molecule has 0 aromatic rings. The van der Waals surface area contributed by atoms with Crippen molar-refractivity contribution in [2.24, 2.45) is 34.5 Å². The lowest BCUT2D eigenvalue weighted by atomic mass is 9.44. The van der Waals surface area contributed by atoms with Crippen LogP contribution < -0.4 is 0 Å². The normalized spacial score (nSPS) is 49.6. The third-order valence-electron chi connectivity index (χ3n) is 9.88. The fraction of sp³-hybridized carbons (Fsp3) is 0.731. The van der Waals surface area contributed by atoms with Gasteiger partial charge in [0.15, 0.2) is 22.8 Å². The van der Waals surface area contributed by atoms with E-state index >= 15 is 4.39 Å². The van der Waals surface area contributed by atoms with E-state index in [1.165, 1.54) is 19.1 Å². The van der Waals surface area contributed by atoms with Gasteiger partial charge >= 0.3 is 5.97 Å². The number of aliphatic hydroxyl groups excluding tert-OH is 1. The molecule has 0 heterocycles. The SMILES string of the molecule is CC(=O)[C@@]1(OC(=O)C2CC2)C(C)C[C@H]2[C@@H]3CCC4=CC(=O)C=C[C@]4(C)[C@@]3(F)C(O)C[C@@]21C. The largest absolute Gasteiger partial charge is 0.450 e. The molecular formula is C26H33FO5. The van der Waals surface area contributed by atoms with Crippen molar-refractivity contribution in [2.45, 2.75) is 83.6 Å². The molecule has 4 fully saturated rings. The van der Waals surface area contributed by atoms with Crippen LogP contribution in [0.25, 0.3) is 0 Å². The first kappa shape index (κ1) is 22.0. The van der Waals surface area contributed by atoms with Crippen LogP contribution >= 0.6 is 0 Å². The number of ketones is 2. The highest BCUT2D eigenvalue weighted by atomic mass is 19.1. The second kappa shape index (κ2) is 6.62. The topological polar surface area (TPSA) is 80.7 Å². The molecule has 0 spiro atoms. The zero-order valence-corrected chi connectivity index (χ0v) is 19.3. The molecule has 0 aromatic carbocycles. The zero-order chi connectivity index (χ0) is 23.3. The van der Waals surface area contributed by atoms with Gasteiger partial charge in [-0.1, -0.05) is 25.5 Å². The van der Waals surface area contributed by atoms with Gasteiger partial charge in [0.05, 0.1) is 12.0 Å². The third-order valence-corrected chi connectivity index (χ3v) is 9.88. The Morgan fingerprint density at radius 3 is 2.50 bits per heavy atom. The summed E-state index contributed by atoms with van der Waals surface area (Å²) in [5.41, 5.74) is -4.50. The number of fused-ring (bicyclic) bond motifs is 5. The van der Waals surface area contributed by atoms with Gasteiger partial charge in [0.25, 0.3) is 0 Å². The number of halogens is 1. The summed E-state index contributed by atoms with van der Waals surface area (Å²) in [7, 11) is 0. The van der Waals surface area contributed by atoms with Crippen LogP contribution in [0.5, 0.6) is 0 Å². The molecular weight excluding hydrogens is 411 g/mol. The van der Waals surface area contributed by atoms with Crippen molar-refractivity contribution in [3.05, 3.63) is 23.8 Å². The molecule has 4 saturated carbocycles. The molecule has 0 amide bonds. The molecule has 0 radical (unpaired) electrons. The van der Waals surface area contributed by atoms with Gasteiger partial charge in [0.2, 0.25) is 0 Å². The van der Waals surface area contributed by atoms with Crippen LogP contribution in [0.15, 0.2) is 23.8 Å². The molecule has 0 bridgehead atoms. The molecule has 5 aliphatic rings. The van der Waals surface area contributed by atoms with E-state index in [0.29, 0.717) is 19.3 Å². The van der Waals surface area contributed by atoms with Gasteiger partial charge < -0.3 is 9.84 Å². The molecule has 0 aliphatic heterocycles. The van der Waals surface area contributed by atoms with Crippen LogP contribution in [0.2, 0.25) is 0 Å². The van der Waals surface area contributed by atoms with Gasteiger partial charge in [0.1, 0.15) is 0 Å². The van der Waals surface area contributed by atoms with Crippen molar-refractivity contribution in [3.8, 4) is 0 Å². The van der Waals surface area contributed by atoms with E-state index < -0.39 is 34.1 Å². The van der Waals surface area contributed by atoms with Gasteiger partial charge in [0, 0.05) is 22.7 Å². The van der Waals surface area contributed by atoms with Gasteiger partial charge in [-0.2, -0.15) is 0 Å². The summed E-state index contributed by atoms with van der Waals surface area (Å²) in [6.45, 7) is 7.09. The van der Waals surface area contributed by atoms with Crippen LogP contribution in [0.1, 0.15) is 66.2 Å². The summed E-state index contributed by atoms with van der Waals surface area (Å²) >= 11 is 0. The van der Waals surface area contributed by atoms with Crippen molar-refractivity contribution in [1.29, 1.82) is 0 Å².